The van der Waals surface area contributed by atoms with Crippen LogP contribution in [0.1, 0.15) is 18.4 Å². The van der Waals surface area contributed by atoms with Crippen molar-refractivity contribution in [1.82, 2.24) is 15.6 Å². The van der Waals surface area contributed by atoms with E-state index in [0.717, 1.165) is 5.56 Å². The van der Waals surface area contributed by atoms with Crippen molar-refractivity contribution in [2.45, 2.75) is 25.4 Å². The molecule has 2 heterocycles. The fourth-order valence-electron chi connectivity index (χ4n) is 2.81. The summed E-state index contributed by atoms with van der Waals surface area (Å²) in [6.45, 7) is 0.387. The monoisotopic (exact) mass is 337 g/mol. The predicted molar refractivity (Wildman–Crippen MR) is 82.9 cm³/mol. The highest BCUT2D eigenvalue weighted by molar-refractivity contribution is 7.91. The van der Waals surface area contributed by atoms with Gasteiger partial charge in [0.15, 0.2) is 9.84 Å². The first-order chi connectivity index (χ1) is 10.9. The maximum atomic E-state index is 12.1. The first kappa shape index (κ1) is 15.9. The molecular formula is C15H19N3O4S. The van der Waals surface area contributed by atoms with Gasteiger partial charge in [-0.2, -0.15) is 0 Å². The molecule has 3 rings (SSSR count). The number of hydrogen-bond donors (Lipinski definition) is 2. The highest BCUT2D eigenvalue weighted by atomic mass is 32.2. The van der Waals surface area contributed by atoms with Crippen molar-refractivity contribution in [3.8, 4) is 0 Å². The Bertz CT molecular complexity index is 705. The average Bonchev–Trinajstić information content (AvgIpc) is 3.25. The van der Waals surface area contributed by atoms with E-state index < -0.39 is 9.84 Å². The van der Waals surface area contributed by atoms with E-state index in [0.29, 0.717) is 19.4 Å². The van der Waals surface area contributed by atoms with Crippen LogP contribution in [-0.2, 0) is 26.0 Å². The molecule has 23 heavy (non-hydrogen) atoms. The molecule has 124 valence electrons. The molecule has 0 radical (unpaired) electrons. The summed E-state index contributed by atoms with van der Waals surface area (Å²) < 4.78 is 22.8. The number of nitrogens with one attached hydrogen (secondary N) is 2. The normalized spacial score (nSPS) is 28.1. The van der Waals surface area contributed by atoms with Gasteiger partial charge in [-0.1, -0.05) is 6.07 Å². The Kier molecular flexibility index (Phi) is 4.34. The topological polar surface area (TPSA) is 105 Å². The molecule has 2 aliphatic rings. The first-order valence-corrected chi connectivity index (χ1v) is 9.44. The van der Waals surface area contributed by atoms with Crippen LogP contribution in [0.2, 0.25) is 0 Å². The number of nitrogens with zero attached hydrogens (tertiary/aromatic N) is 1. The molecule has 1 aliphatic heterocycles. The van der Waals surface area contributed by atoms with E-state index in [4.69, 9.17) is 0 Å². The fraction of sp³-hybridized carbons (Fsp3) is 0.533. The largest absolute Gasteiger partial charge is 0.352 e. The van der Waals surface area contributed by atoms with Crippen molar-refractivity contribution in [3.05, 3.63) is 30.1 Å². The summed E-state index contributed by atoms with van der Waals surface area (Å²) in [5.74, 6) is -0.889. The van der Waals surface area contributed by atoms with Gasteiger partial charge in [0.2, 0.25) is 11.8 Å². The van der Waals surface area contributed by atoms with E-state index in [9.17, 15) is 18.0 Å². The molecule has 1 saturated heterocycles. The molecule has 3 unspecified atom stereocenters. The molecule has 2 amide bonds. The van der Waals surface area contributed by atoms with E-state index in [1.807, 2.05) is 6.07 Å². The smallest absolute Gasteiger partial charge is 0.224 e. The lowest BCUT2D eigenvalue weighted by Gasteiger charge is -2.10. The Morgan fingerprint density at radius 1 is 1.26 bits per heavy atom. The third kappa shape index (κ3) is 4.07. The minimum absolute atomic E-state index is 0.00330. The molecule has 7 nitrogen and oxygen atoms in total. The number of aromatic nitrogens is 1. The molecule has 1 aromatic rings. The van der Waals surface area contributed by atoms with Crippen molar-refractivity contribution in [1.29, 1.82) is 0 Å². The summed E-state index contributed by atoms with van der Waals surface area (Å²) >= 11 is 0. The zero-order valence-corrected chi connectivity index (χ0v) is 13.4. The summed E-state index contributed by atoms with van der Waals surface area (Å²) in [6.07, 6.45) is 4.32. The van der Waals surface area contributed by atoms with Gasteiger partial charge in [-0.25, -0.2) is 8.42 Å². The lowest BCUT2D eigenvalue weighted by atomic mass is 10.2. The molecule has 3 atom stereocenters. The summed E-state index contributed by atoms with van der Waals surface area (Å²) in [7, 11) is -3.02. The summed E-state index contributed by atoms with van der Waals surface area (Å²) in [6, 6.07) is 3.35. The summed E-state index contributed by atoms with van der Waals surface area (Å²) in [5, 5.41) is 5.54. The van der Waals surface area contributed by atoms with Gasteiger partial charge in [0.25, 0.3) is 0 Å². The Morgan fingerprint density at radius 2 is 2.04 bits per heavy atom. The van der Waals surface area contributed by atoms with Gasteiger partial charge in [0.1, 0.15) is 0 Å². The number of rotatable bonds is 5. The molecule has 2 N–H and O–H groups in total. The van der Waals surface area contributed by atoms with Crippen LogP contribution in [0.3, 0.4) is 0 Å². The molecule has 0 aromatic carbocycles. The van der Waals surface area contributed by atoms with Crippen molar-refractivity contribution in [2.75, 3.05) is 11.5 Å². The lowest BCUT2D eigenvalue weighted by Crippen LogP contribution is -2.37. The van der Waals surface area contributed by atoms with Crippen LogP contribution in [0.25, 0.3) is 0 Å². The highest BCUT2D eigenvalue weighted by Gasteiger charge is 2.48. The molecule has 8 heteroatoms. The highest BCUT2D eigenvalue weighted by Crippen LogP contribution is 2.39. The van der Waals surface area contributed by atoms with Gasteiger partial charge in [-0.3, -0.25) is 14.6 Å². The maximum absolute atomic E-state index is 12.1. The zero-order chi connectivity index (χ0) is 16.4. The van der Waals surface area contributed by atoms with Crippen LogP contribution in [0, 0.1) is 11.8 Å². The third-order valence-electron chi connectivity index (χ3n) is 4.23. The SMILES string of the molecule is O=C(NCc1cccnc1)C1CC1C(=O)NC1CCS(=O)(=O)C1. The third-order valence-corrected chi connectivity index (χ3v) is 6.00. The Labute approximate surface area is 134 Å². The van der Waals surface area contributed by atoms with E-state index in [1.165, 1.54) is 0 Å². The molecule has 1 aromatic heterocycles. The van der Waals surface area contributed by atoms with Gasteiger partial charge in [-0.05, 0) is 24.5 Å². The molecule has 0 spiro atoms. The van der Waals surface area contributed by atoms with Crippen LogP contribution in [0.15, 0.2) is 24.5 Å². The lowest BCUT2D eigenvalue weighted by molar-refractivity contribution is -0.127. The summed E-state index contributed by atoms with van der Waals surface area (Å²) in [4.78, 5) is 28.1. The molecule has 1 saturated carbocycles. The van der Waals surface area contributed by atoms with Crippen molar-refractivity contribution < 1.29 is 18.0 Å². The minimum Gasteiger partial charge on any atom is -0.352 e. The quantitative estimate of drug-likeness (QED) is 0.763. The number of hydrogen-bond acceptors (Lipinski definition) is 5. The van der Waals surface area contributed by atoms with Gasteiger partial charge < -0.3 is 10.6 Å². The van der Waals surface area contributed by atoms with Crippen molar-refractivity contribution in [3.63, 3.8) is 0 Å². The Balaban J connectivity index is 1.43. The molecule has 0 bridgehead atoms. The second-order valence-corrected chi connectivity index (χ2v) is 8.37. The van der Waals surface area contributed by atoms with E-state index >= 15 is 0 Å². The summed E-state index contributed by atoms with van der Waals surface area (Å²) in [5.41, 5.74) is 0.902. The number of sulfone groups is 1. The van der Waals surface area contributed by atoms with Crippen molar-refractivity contribution >= 4 is 21.7 Å². The van der Waals surface area contributed by atoms with Crippen LogP contribution < -0.4 is 10.6 Å². The fourth-order valence-corrected chi connectivity index (χ4v) is 4.49. The second-order valence-electron chi connectivity index (χ2n) is 6.14. The maximum Gasteiger partial charge on any atom is 0.224 e. The van der Waals surface area contributed by atoms with E-state index in [2.05, 4.69) is 15.6 Å². The minimum atomic E-state index is -3.02. The van der Waals surface area contributed by atoms with Crippen LogP contribution in [0.5, 0.6) is 0 Å². The number of pyridine rings is 1. The second kappa shape index (κ2) is 6.27. The number of carbonyl (C=O) groups is 2. The van der Waals surface area contributed by atoms with Gasteiger partial charge in [-0.15, -0.1) is 0 Å². The Hall–Kier alpha value is -1.96. The molecule has 2 fully saturated rings. The first-order valence-electron chi connectivity index (χ1n) is 7.62. The van der Waals surface area contributed by atoms with Crippen LogP contribution in [0.4, 0.5) is 0 Å². The number of carbonyl (C=O) groups excluding carboxylic acids is 2. The molecular weight excluding hydrogens is 318 g/mol. The predicted octanol–water partition coefficient (Wildman–Crippen LogP) is -0.363. The van der Waals surface area contributed by atoms with Gasteiger partial charge >= 0.3 is 0 Å². The van der Waals surface area contributed by atoms with Gasteiger partial charge in [0, 0.05) is 25.0 Å². The van der Waals surface area contributed by atoms with Gasteiger partial charge in [0.05, 0.1) is 23.3 Å². The van der Waals surface area contributed by atoms with E-state index in [1.54, 1.807) is 18.5 Å². The van der Waals surface area contributed by atoms with Crippen LogP contribution >= 0.6 is 0 Å². The van der Waals surface area contributed by atoms with Crippen molar-refractivity contribution in [2.24, 2.45) is 11.8 Å². The zero-order valence-electron chi connectivity index (χ0n) is 12.6. The Morgan fingerprint density at radius 3 is 2.70 bits per heavy atom. The number of amides is 2. The average molecular weight is 337 g/mol. The molecule has 1 aliphatic carbocycles. The van der Waals surface area contributed by atoms with Crippen LogP contribution in [-0.4, -0.2) is 42.8 Å². The van der Waals surface area contributed by atoms with E-state index in [-0.39, 0.29) is 41.2 Å². The standard InChI is InChI=1S/C15H19N3O4S/c19-14(17-8-10-2-1-4-16-7-10)12-6-13(12)15(20)18-11-3-5-23(21,22)9-11/h1-2,4,7,11-13H,3,5-6,8-9H2,(H,17,19)(H,18,20).